The monoisotopic (exact) mass is 516 g/mol. The highest BCUT2D eigenvalue weighted by atomic mass is 32.1. The van der Waals surface area contributed by atoms with E-state index in [0.29, 0.717) is 0 Å². The van der Waals surface area contributed by atoms with Crippen LogP contribution in [0.15, 0.2) is 150 Å². The second kappa shape index (κ2) is 9.83. The molecule has 0 spiro atoms. The molecule has 39 heavy (non-hydrogen) atoms. The molecule has 1 nitrogen and oxygen atoms in total. The van der Waals surface area contributed by atoms with E-state index in [4.69, 9.17) is 0 Å². The molecule has 6 aromatic carbocycles. The minimum atomic E-state index is 0.0873. The molecule has 2 heteroatoms. The molecule has 0 saturated carbocycles. The molecule has 7 rings (SSSR count). The van der Waals surface area contributed by atoms with E-state index < -0.39 is 0 Å². The molecular weight excluding hydrogens is 492 g/mol. The first-order chi connectivity index (χ1) is 19.2. The average Bonchev–Trinajstić information content (AvgIpc) is 3.02. The van der Waals surface area contributed by atoms with E-state index in [1.807, 2.05) is 24.3 Å². The second-order valence-corrected chi connectivity index (χ2v) is 10.8. The lowest BCUT2D eigenvalue weighted by atomic mass is 9.98. The summed E-state index contributed by atoms with van der Waals surface area (Å²) in [7, 11) is 0. The maximum atomic E-state index is 13.7. The lowest BCUT2D eigenvalue weighted by molar-refractivity contribution is 1.60. The Kier molecular flexibility index (Phi) is 5.88. The molecule has 0 aliphatic carbocycles. The summed E-state index contributed by atoms with van der Waals surface area (Å²) in [5.74, 6) is 0. The summed E-state index contributed by atoms with van der Waals surface area (Å²) in [6.45, 7) is 0. The van der Waals surface area contributed by atoms with Crippen molar-refractivity contribution in [3.05, 3.63) is 156 Å². The van der Waals surface area contributed by atoms with Gasteiger partial charge in [-0.2, -0.15) is 0 Å². The SMILES string of the molecule is O=c1c2cc(-c3ccc(-c4ccccc4)cc3)ccc2sc2ccc(-c3ccc(-c4ccccc4)cc3)cc12. The van der Waals surface area contributed by atoms with Gasteiger partial charge in [0.1, 0.15) is 0 Å². The van der Waals surface area contributed by atoms with Gasteiger partial charge in [-0.15, -0.1) is 11.3 Å². The second-order valence-electron chi connectivity index (χ2n) is 9.74. The molecule has 1 aromatic heterocycles. The molecule has 0 radical (unpaired) electrons. The maximum Gasteiger partial charge on any atom is 0.195 e. The lowest BCUT2D eigenvalue weighted by Gasteiger charge is -2.09. The highest BCUT2D eigenvalue weighted by molar-refractivity contribution is 7.24. The predicted octanol–water partition coefficient (Wildman–Crippen LogP) is 10.1. The molecule has 0 unspecified atom stereocenters. The summed E-state index contributed by atoms with van der Waals surface area (Å²) >= 11 is 1.67. The van der Waals surface area contributed by atoms with Gasteiger partial charge in [0.25, 0.3) is 0 Å². The lowest BCUT2D eigenvalue weighted by Crippen LogP contribution is -2.01. The normalized spacial score (nSPS) is 11.2. The van der Waals surface area contributed by atoms with Crippen LogP contribution in [0.25, 0.3) is 64.7 Å². The third-order valence-electron chi connectivity index (χ3n) is 7.32. The first kappa shape index (κ1) is 23.3. The molecule has 0 atom stereocenters. The van der Waals surface area contributed by atoms with Gasteiger partial charge in [0.15, 0.2) is 5.43 Å². The predicted molar refractivity (Wildman–Crippen MR) is 167 cm³/mol. The highest BCUT2D eigenvalue weighted by Crippen LogP contribution is 2.32. The Bertz CT molecular complexity index is 1840. The first-order valence-corrected chi connectivity index (χ1v) is 13.9. The van der Waals surface area contributed by atoms with Gasteiger partial charge in [0, 0.05) is 20.2 Å². The fraction of sp³-hybridized carbons (Fsp3) is 0. The van der Waals surface area contributed by atoms with E-state index in [1.54, 1.807) is 11.3 Å². The number of benzene rings is 6. The van der Waals surface area contributed by atoms with Crippen LogP contribution in [0.2, 0.25) is 0 Å². The molecule has 0 aliphatic heterocycles. The van der Waals surface area contributed by atoms with Gasteiger partial charge in [-0.3, -0.25) is 4.79 Å². The Morgan fingerprint density at radius 1 is 0.333 bits per heavy atom. The van der Waals surface area contributed by atoms with Crippen molar-refractivity contribution in [2.24, 2.45) is 0 Å². The van der Waals surface area contributed by atoms with Crippen LogP contribution < -0.4 is 5.43 Å². The summed E-state index contributed by atoms with van der Waals surface area (Å²) in [6.07, 6.45) is 0. The third-order valence-corrected chi connectivity index (χ3v) is 8.47. The van der Waals surface area contributed by atoms with E-state index in [0.717, 1.165) is 42.4 Å². The zero-order valence-electron chi connectivity index (χ0n) is 21.2. The highest BCUT2D eigenvalue weighted by Gasteiger charge is 2.10. The van der Waals surface area contributed by atoms with Gasteiger partial charge in [0.05, 0.1) is 0 Å². The Labute approximate surface area is 231 Å². The van der Waals surface area contributed by atoms with Crippen LogP contribution in [0, 0.1) is 0 Å². The van der Waals surface area contributed by atoms with Crippen molar-refractivity contribution < 1.29 is 0 Å². The summed E-state index contributed by atoms with van der Waals surface area (Å²) < 4.78 is 2.02. The number of hydrogen-bond donors (Lipinski definition) is 0. The molecule has 0 N–H and O–H groups in total. The van der Waals surface area contributed by atoms with Crippen LogP contribution in [0.5, 0.6) is 0 Å². The van der Waals surface area contributed by atoms with Crippen molar-refractivity contribution in [1.82, 2.24) is 0 Å². The van der Waals surface area contributed by atoms with Crippen LogP contribution in [0.4, 0.5) is 0 Å². The van der Waals surface area contributed by atoms with Crippen molar-refractivity contribution in [3.63, 3.8) is 0 Å². The fourth-order valence-electron chi connectivity index (χ4n) is 5.19. The van der Waals surface area contributed by atoms with E-state index in [-0.39, 0.29) is 5.43 Å². The first-order valence-electron chi connectivity index (χ1n) is 13.1. The van der Waals surface area contributed by atoms with E-state index in [1.165, 1.54) is 22.3 Å². The van der Waals surface area contributed by atoms with Crippen LogP contribution in [0.3, 0.4) is 0 Å². The zero-order valence-corrected chi connectivity index (χ0v) is 22.0. The summed E-state index contributed by atoms with van der Waals surface area (Å²) in [5.41, 5.74) is 9.17. The molecule has 1 heterocycles. The Morgan fingerprint density at radius 2 is 0.641 bits per heavy atom. The van der Waals surface area contributed by atoms with Gasteiger partial charge in [0.2, 0.25) is 0 Å². The molecule has 0 aliphatic rings. The minimum absolute atomic E-state index is 0.0873. The summed E-state index contributed by atoms with van der Waals surface area (Å²) in [4.78, 5) is 13.7. The van der Waals surface area contributed by atoms with E-state index >= 15 is 0 Å². The van der Waals surface area contributed by atoms with E-state index in [2.05, 4.69) is 121 Å². The van der Waals surface area contributed by atoms with Crippen molar-refractivity contribution >= 4 is 31.5 Å². The van der Waals surface area contributed by atoms with Gasteiger partial charge >= 0.3 is 0 Å². The van der Waals surface area contributed by atoms with Crippen molar-refractivity contribution in [3.8, 4) is 44.5 Å². The van der Waals surface area contributed by atoms with Crippen LogP contribution in [0.1, 0.15) is 0 Å². The van der Waals surface area contributed by atoms with Crippen LogP contribution in [-0.4, -0.2) is 0 Å². The van der Waals surface area contributed by atoms with Gasteiger partial charge in [-0.05, 0) is 68.8 Å². The molecule has 184 valence electrons. The molecule has 0 fully saturated rings. The topological polar surface area (TPSA) is 17.1 Å². The fourth-order valence-corrected chi connectivity index (χ4v) is 6.22. The Morgan fingerprint density at radius 3 is 1.03 bits per heavy atom. The van der Waals surface area contributed by atoms with Crippen molar-refractivity contribution in [2.75, 3.05) is 0 Å². The van der Waals surface area contributed by atoms with Crippen LogP contribution in [-0.2, 0) is 0 Å². The van der Waals surface area contributed by atoms with Crippen LogP contribution >= 0.6 is 11.3 Å². The average molecular weight is 517 g/mol. The maximum absolute atomic E-state index is 13.7. The number of fused-ring (bicyclic) bond motifs is 2. The summed E-state index contributed by atoms with van der Waals surface area (Å²) in [6, 6.07) is 50.4. The molecule has 0 bridgehead atoms. The smallest absolute Gasteiger partial charge is 0.195 e. The molecule has 7 aromatic rings. The molecular formula is C37H24OS. The number of rotatable bonds is 4. The largest absolute Gasteiger partial charge is 0.289 e. The van der Waals surface area contributed by atoms with Crippen molar-refractivity contribution in [2.45, 2.75) is 0 Å². The standard InChI is InChI=1S/C37H24OS/c38-37-33-23-31(29-15-11-27(12-16-29)25-7-3-1-4-8-25)19-21-35(33)39-36-22-20-32(24-34(36)37)30-17-13-28(14-18-30)26-9-5-2-6-10-26/h1-24H. The summed E-state index contributed by atoms with van der Waals surface area (Å²) in [5, 5.41) is 1.54. The van der Waals surface area contributed by atoms with E-state index in [9.17, 15) is 4.79 Å². The molecule has 0 amide bonds. The Hall–Kier alpha value is -4.79. The quantitative estimate of drug-likeness (QED) is 0.213. The molecule has 0 saturated heterocycles. The van der Waals surface area contributed by atoms with Crippen molar-refractivity contribution in [1.29, 1.82) is 0 Å². The number of hydrogen-bond acceptors (Lipinski definition) is 2. The Balaban J connectivity index is 1.26. The van der Waals surface area contributed by atoms with Gasteiger partial charge in [-0.25, -0.2) is 0 Å². The zero-order chi connectivity index (χ0) is 26.2. The van der Waals surface area contributed by atoms with Gasteiger partial charge in [-0.1, -0.05) is 121 Å². The van der Waals surface area contributed by atoms with Gasteiger partial charge < -0.3 is 0 Å². The minimum Gasteiger partial charge on any atom is -0.289 e. The third kappa shape index (κ3) is 4.46.